The highest BCUT2D eigenvalue weighted by Crippen LogP contribution is 2.47. The number of nitrogens with two attached hydrogens (primary N) is 3. The van der Waals surface area contributed by atoms with Crippen LogP contribution in [0, 0.1) is 11.5 Å². The number of amides is 3. The number of nitrogens with one attached hydrogen (secondary N) is 5. The number of hydrogen-bond acceptors (Lipinski definition) is 29. The Bertz CT molecular complexity index is 5190. The molecule has 6 aliphatic rings. The molecule has 3 aliphatic carbocycles. The van der Waals surface area contributed by atoms with Crippen LogP contribution in [0.2, 0.25) is 30.1 Å². The number of hydrogen-bond donors (Lipinski definition) is 8. The number of alkyl carbamates (subject to hydrolysis) is 1. The van der Waals surface area contributed by atoms with Gasteiger partial charge in [0.25, 0.3) is 6.26 Å². The number of isocyanates is 1. The average Bonchev–Trinajstić information content (AvgIpc) is 1.62. The van der Waals surface area contributed by atoms with Crippen LogP contribution in [0.3, 0.4) is 0 Å². The molecule has 0 saturated carbocycles. The van der Waals surface area contributed by atoms with Crippen LogP contribution in [0.1, 0.15) is 169 Å². The lowest BCUT2D eigenvalue weighted by molar-refractivity contribution is -0.119. The van der Waals surface area contributed by atoms with Crippen molar-refractivity contribution < 1.29 is 96.5 Å². The molecular formula is C98H135Cl6N13O21S3. The molecule has 0 bridgehead atoms. The molecule has 778 valence electrons. The summed E-state index contributed by atoms with van der Waals surface area (Å²) in [7, 11) is -11.1. The van der Waals surface area contributed by atoms with Crippen molar-refractivity contribution in [2.45, 2.75) is 211 Å². The summed E-state index contributed by atoms with van der Waals surface area (Å²) in [6.45, 7) is 16.3. The van der Waals surface area contributed by atoms with E-state index in [-0.39, 0.29) is 133 Å². The lowest BCUT2D eigenvalue weighted by atomic mass is 10.0. The lowest BCUT2D eigenvalue weighted by Crippen LogP contribution is -2.53. The van der Waals surface area contributed by atoms with Crippen molar-refractivity contribution in [2.75, 3.05) is 170 Å². The maximum absolute atomic E-state index is 13.2. The highest BCUT2D eigenvalue weighted by Gasteiger charge is 2.45. The van der Waals surface area contributed by atoms with Gasteiger partial charge in [-0.1, -0.05) is 76.0 Å². The number of nitriles is 1. The molecule has 3 fully saturated rings. The van der Waals surface area contributed by atoms with E-state index in [1.807, 2.05) is 39.0 Å². The van der Waals surface area contributed by atoms with E-state index < -0.39 is 47.7 Å². The molecule has 43 heteroatoms. The van der Waals surface area contributed by atoms with Gasteiger partial charge in [-0.3, -0.25) is 19.5 Å². The summed E-state index contributed by atoms with van der Waals surface area (Å²) in [4.78, 5) is 57.4. The summed E-state index contributed by atoms with van der Waals surface area (Å²) >= 11 is 39.2. The summed E-state index contributed by atoms with van der Waals surface area (Å²) in [5.41, 5.74) is 23.2. The van der Waals surface area contributed by atoms with Crippen LogP contribution in [0.15, 0.2) is 129 Å². The van der Waals surface area contributed by atoms with Crippen molar-refractivity contribution in [3.05, 3.63) is 173 Å². The Morgan fingerprint density at radius 3 is 1.33 bits per heavy atom. The minimum Gasteiger partial charge on any atom is -0.484 e. The summed E-state index contributed by atoms with van der Waals surface area (Å²) < 4.78 is 146. The number of fused-ring (bicyclic) bond motifs is 3. The van der Waals surface area contributed by atoms with Crippen LogP contribution in [0.25, 0.3) is 0 Å². The molecule has 6 aromatic carbocycles. The third-order valence-electron chi connectivity index (χ3n) is 24.3. The standard InChI is InChI=1S/C61H83Cl4N7O12S2.C31H44Cl2N4O7S.C6H8N2O2/c62-42-34-53-51(55(64)36-42)38-57(71-23-4-8-44(66)40-71)59(53)83-47-12-16-49(17-13-47)85(75,76)33-7-26-80-30-31-81-27-21-69-61(74)68-20-3-1-2-10-46(73)11-6-25-79-29-32-82-28-22-70-86(77,78)50-18-14-48(15-19-50)84-60-54-35-43(63)37-56(65)52(54)39-58(60)72-24-5-9-45(67)41-72;1-31(2,3)44-30(38)36-22-5-4-12-37(20-22)28-19-25-26(17-21(32)18-27(25)33)29(28)43-23-6-8-24(9-7-23)45(39,40)35-11-14-42-16-15-41-13-10-34;7-5-10-4-2-1-3-8-6-9/h12-19,34-37,44-45,57-60,70H,1-11,20-33,38-41,66-67H2,(H2,68,69,74);6-9,17-18,22,28-29,35H,4-5,10-16,19-20,34H2,1-3H3,(H,36,38);1-4H2/t44-,45-,57+,58+,59+,60+;22-,28+,29+;/m11./s1. The second kappa shape index (κ2) is 59.4. The molecule has 34 nitrogen and oxygen atoms in total. The summed E-state index contributed by atoms with van der Waals surface area (Å²) in [6.07, 6.45) is 14.8. The third kappa shape index (κ3) is 38.4. The predicted octanol–water partition coefficient (Wildman–Crippen LogP) is 13.6. The molecule has 3 heterocycles. The van der Waals surface area contributed by atoms with Gasteiger partial charge in [0.2, 0.25) is 26.1 Å². The van der Waals surface area contributed by atoms with Crippen LogP contribution >= 0.6 is 69.6 Å². The number of ketones is 1. The zero-order valence-corrected chi connectivity index (χ0v) is 87.2. The number of halogens is 6. The molecule has 0 aromatic heterocycles. The van der Waals surface area contributed by atoms with Gasteiger partial charge in [-0.15, -0.1) is 0 Å². The Kier molecular flexibility index (Phi) is 48.7. The molecule has 12 rings (SSSR count). The largest absolute Gasteiger partial charge is 0.484 e. The fourth-order valence-corrected chi connectivity index (χ4v) is 22.7. The second-order valence-corrected chi connectivity index (χ2v) is 44.3. The number of carbonyl (C=O) groups is 3. The number of sulfonamides is 2. The first kappa shape index (κ1) is 116. The maximum atomic E-state index is 13.2. The molecular weight excluding hydrogens is 2000 g/mol. The first-order valence-electron chi connectivity index (χ1n) is 48.1. The summed E-state index contributed by atoms with van der Waals surface area (Å²) in [5, 5.41) is 19.9. The molecule has 3 saturated heterocycles. The molecule has 141 heavy (non-hydrogen) atoms. The molecule has 11 N–H and O–H groups in total. The van der Waals surface area contributed by atoms with Gasteiger partial charge in [-0.2, -0.15) is 5.26 Å². The lowest BCUT2D eigenvalue weighted by Gasteiger charge is -2.39. The van der Waals surface area contributed by atoms with E-state index in [9.17, 15) is 44.4 Å². The highest BCUT2D eigenvalue weighted by atomic mass is 35.5. The number of unbranched alkanes of at least 4 members (excludes halogenated alkanes) is 3. The van der Waals surface area contributed by atoms with Gasteiger partial charge in [0.15, 0.2) is 9.84 Å². The Morgan fingerprint density at radius 1 is 0.475 bits per heavy atom. The van der Waals surface area contributed by atoms with Crippen molar-refractivity contribution in [1.82, 2.24) is 40.1 Å². The summed E-state index contributed by atoms with van der Waals surface area (Å²) in [6, 6.07) is 29.8. The van der Waals surface area contributed by atoms with Crippen molar-refractivity contribution in [3.63, 3.8) is 0 Å². The molecule has 6 aromatic rings. The Labute approximate surface area is 859 Å². The van der Waals surface area contributed by atoms with Crippen molar-refractivity contribution >= 4 is 123 Å². The Morgan fingerprint density at radius 2 is 0.887 bits per heavy atom. The van der Waals surface area contributed by atoms with Crippen LogP contribution in [-0.2, 0) is 96.6 Å². The van der Waals surface area contributed by atoms with Crippen molar-refractivity contribution in [3.8, 4) is 23.5 Å². The molecule has 0 spiro atoms. The number of likely N-dealkylation sites (tertiary alicyclic amines) is 3. The van der Waals surface area contributed by atoms with E-state index in [1.54, 1.807) is 73.0 Å². The number of sulfone groups is 1. The van der Waals surface area contributed by atoms with Gasteiger partial charge < -0.3 is 85.3 Å². The minimum absolute atomic E-state index is 0.0108. The number of benzene rings is 6. The topological polar surface area (TPSA) is 456 Å². The van der Waals surface area contributed by atoms with Crippen molar-refractivity contribution in [2.24, 2.45) is 22.2 Å². The number of ether oxygens (including phenoxy) is 11. The van der Waals surface area contributed by atoms with Gasteiger partial charge in [-0.05, 0) is 263 Å². The van der Waals surface area contributed by atoms with Crippen molar-refractivity contribution in [1.29, 1.82) is 5.26 Å². The van der Waals surface area contributed by atoms with E-state index in [2.05, 4.69) is 49.8 Å². The zero-order chi connectivity index (χ0) is 101. The first-order valence-corrected chi connectivity index (χ1v) is 55.0. The van der Waals surface area contributed by atoms with Crippen LogP contribution in [0.4, 0.5) is 9.59 Å². The van der Waals surface area contributed by atoms with Crippen LogP contribution < -0.4 is 56.8 Å². The monoisotopic (exact) mass is 2140 g/mol. The second-order valence-electron chi connectivity index (χ2n) is 36.2. The number of aliphatic imine (C=N–C) groups is 1. The van der Waals surface area contributed by atoms with E-state index in [1.165, 1.54) is 30.3 Å². The minimum atomic E-state index is -3.80. The van der Waals surface area contributed by atoms with E-state index in [0.717, 1.165) is 137 Å². The molecule has 0 radical (unpaired) electrons. The summed E-state index contributed by atoms with van der Waals surface area (Å²) in [5.74, 6) is 1.67. The van der Waals surface area contributed by atoms with Gasteiger partial charge in [0, 0.05) is 143 Å². The number of rotatable bonds is 54. The van der Waals surface area contributed by atoms with Gasteiger partial charge in [-0.25, -0.2) is 54.1 Å². The highest BCUT2D eigenvalue weighted by molar-refractivity contribution is 7.91. The third-order valence-corrected chi connectivity index (χ3v) is 30.8. The smallest absolute Gasteiger partial charge is 0.407 e. The Balaban J connectivity index is 0.000000308. The SMILES string of the molecule is CC(C)(C)OC(=O)N[C@@H]1CCCN([C@H]2Cc3c(Cl)cc(Cl)cc3[C@@H]2Oc2ccc(S(=O)(=O)NCCOCCOCCN)cc2)C1.N#COCCCCN=C=O.N[C@@H]1CCCN([C@H]2Cc3c(Cl)cc(Cl)cc3[C@@H]2Oc2ccc(S(=O)(=O)CCCOCCOCCNC(=O)NCCCCCC(=O)CCCOCCOCCNS(=O)(=O)c3ccc(O[C@H]4c5cc(Cl)cc(Cl)c5C[C@@H]4N4CCC[C@@H](N)C4)cc3)cc2)C1. The van der Waals surface area contributed by atoms with Gasteiger partial charge >= 0.3 is 12.1 Å². The molecule has 3 aliphatic heterocycles. The normalized spacial score (nSPS) is 19.8. The average molecular weight is 2140 g/mol. The predicted molar refractivity (Wildman–Crippen MR) is 542 cm³/mol. The molecule has 0 unspecified atom stereocenters. The number of Topliss-reactive ketones (excluding diaryl/α,β-unsaturated/α-hetero) is 1. The molecule has 3 amide bonds. The first-order chi connectivity index (χ1) is 67.7. The Hall–Kier alpha value is -7.37. The maximum Gasteiger partial charge on any atom is 0.407 e. The number of urea groups is 1. The van der Waals surface area contributed by atoms with E-state index in [0.29, 0.717) is 171 Å². The fraction of sp³-hybridized carbons (Fsp3) is 0.582. The van der Waals surface area contributed by atoms with Crippen LogP contribution in [0.5, 0.6) is 17.2 Å². The molecule has 9 atom stereocenters. The van der Waals surface area contributed by atoms with Gasteiger partial charge in [0.1, 0.15) is 53.6 Å². The fourth-order valence-electron chi connectivity index (χ4n) is 17.6. The van der Waals surface area contributed by atoms with E-state index >= 15 is 0 Å². The zero-order valence-electron chi connectivity index (χ0n) is 80.2. The van der Waals surface area contributed by atoms with Gasteiger partial charge in [0.05, 0.1) is 111 Å². The quantitative estimate of drug-likeness (QED) is 0.00761. The number of nitrogens with zero attached hydrogens (tertiary/aromatic N) is 5. The number of carbonyl (C=O) groups excluding carboxylic acids is 4. The van der Waals surface area contributed by atoms with Crippen LogP contribution in [-0.4, -0.2) is 276 Å². The van der Waals surface area contributed by atoms with E-state index in [4.69, 9.17) is 139 Å². The number of piperidine rings is 3.